The van der Waals surface area contributed by atoms with Gasteiger partial charge >= 0.3 is 12.1 Å². The molecule has 0 unspecified atom stereocenters. The Hall–Kier alpha value is -3.62. The molecule has 0 radical (unpaired) electrons. The van der Waals surface area contributed by atoms with Gasteiger partial charge < -0.3 is 14.5 Å². The Morgan fingerprint density at radius 3 is 2.68 bits per heavy atom. The topological polar surface area (TPSA) is 81.4 Å². The number of aromatic nitrogens is 1. The summed E-state index contributed by atoms with van der Waals surface area (Å²) in [5, 5.41) is 2.23. The number of ether oxygens (including phenoxy) is 1. The second-order valence-electron chi connectivity index (χ2n) is 5.59. The molecule has 3 rings (SSSR count). The highest BCUT2D eigenvalue weighted by Crippen LogP contribution is 2.30. The minimum atomic E-state index is -4.53. The lowest BCUT2D eigenvalue weighted by molar-refractivity contribution is -0.142. The van der Waals surface area contributed by atoms with Gasteiger partial charge in [0, 0.05) is 17.8 Å². The molecule has 3 aromatic rings. The van der Waals surface area contributed by atoms with Crippen LogP contribution in [0.4, 0.5) is 18.9 Å². The smallest absolute Gasteiger partial charge is 0.416 e. The summed E-state index contributed by atoms with van der Waals surface area (Å²) in [5.74, 6) is -1.42. The SMILES string of the molecule is O=C(COC(=O)/C=C/c1nc2ccccc2o1)Nc1cccc(C(F)(F)F)c1. The minimum Gasteiger partial charge on any atom is -0.452 e. The number of carbonyl (C=O) groups is 2. The van der Waals surface area contributed by atoms with Gasteiger partial charge in [-0.3, -0.25) is 4.79 Å². The standard InChI is InChI=1S/C19H13F3N2O4/c20-19(21,22)12-4-3-5-13(10-12)23-16(25)11-27-18(26)9-8-17-24-14-6-1-2-7-15(14)28-17/h1-10H,11H2,(H,23,25)/b9-8+. The number of halogens is 3. The van der Waals surface area contributed by atoms with Gasteiger partial charge in [-0.2, -0.15) is 13.2 Å². The van der Waals surface area contributed by atoms with Crippen LogP contribution in [0.3, 0.4) is 0 Å². The number of rotatable bonds is 5. The molecule has 0 aliphatic carbocycles. The third kappa shape index (κ3) is 4.97. The van der Waals surface area contributed by atoms with E-state index in [-0.39, 0.29) is 11.6 Å². The third-order valence-corrected chi connectivity index (χ3v) is 3.49. The van der Waals surface area contributed by atoms with E-state index in [0.29, 0.717) is 11.1 Å². The number of anilines is 1. The van der Waals surface area contributed by atoms with Crippen LogP contribution in [0.1, 0.15) is 11.5 Å². The average molecular weight is 390 g/mol. The zero-order chi connectivity index (χ0) is 20.1. The lowest BCUT2D eigenvalue weighted by atomic mass is 10.2. The Balaban J connectivity index is 1.52. The van der Waals surface area contributed by atoms with Crippen molar-refractivity contribution < 1.29 is 31.9 Å². The van der Waals surface area contributed by atoms with Crippen molar-refractivity contribution in [3.05, 3.63) is 66.1 Å². The number of hydrogen-bond acceptors (Lipinski definition) is 5. The van der Waals surface area contributed by atoms with E-state index >= 15 is 0 Å². The Morgan fingerprint density at radius 1 is 1.14 bits per heavy atom. The first-order valence-corrected chi connectivity index (χ1v) is 7.99. The van der Waals surface area contributed by atoms with Crippen LogP contribution in [0.15, 0.2) is 59.0 Å². The fourth-order valence-electron chi connectivity index (χ4n) is 2.26. The van der Waals surface area contributed by atoms with Crippen LogP contribution in [-0.2, 0) is 20.5 Å². The molecule has 0 saturated heterocycles. The van der Waals surface area contributed by atoms with Crippen LogP contribution in [-0.4, -0.2) is 23.5 Å². The van der Waals surface area contributed by atoms with E-state index in [4.69, 9.17) is 9.15 Å². The van der Waals surface area contributed by atoms with Crippen LogP contribution >= 0.6 is 0 Å². The number of benzene rings is 2. The molecule has 0 bridgehead atoms. The number of alkyl halides is 3. The van der Waals surface area contributed by atoms with Crippen molar-refractivity contribution in [2.24, 2.45) is 0 Å². The Kier molecular flexibility index (Phi) is 5.44. The molecular weight excluding hydrogens is 377 g/mol. The maximum atomic E-state index is 12.6. The fourth-order valence-corrected chi connectivity index (χ4v) is 2.26. The quantitative estimate of drug-likeness (QED) is 0.525. The number of hydrogen-bond donors (Lipinski definition) is 1. The minimum absolute atomic E-state index is 0.0575. The van der Waals surface area contributed by atoms with E-state index in [9.17, 15) is 22.8 Å². The highest BCUT2D eigenvalue weighted by molar-refractivity contribution is 5.94. The van der Waals surface area contributed by atoms with Crippen molar-refractivity contribution in [3.8, 4) is 0 Å². The molecule has 0 spiro atoms. The summed E-state index contributed by atoms with van der Waals surface area (Å²) in [6, 6.07) is 11.1. The molecule has 28 heavy (non-hydrogen) atoms. The van der Waals surface area contributed by atoms with Crippen LogP contribution in [0.25, 0.3) is 17.2 Å². The van der Waals surface area contributed by atoms with Gasteiger partial charge in [0.2, 0.25) is 5.89 Å². The summed E-state index contributed by atoms with van der Waals surface area (Å²) in [6.07, 6.45) is -2.21. The molecule has 144 valence electrons. The van der Waals surface area contributed by atoms with Gasteiger partial charge in [0.05, 0.1) is 5.56 Å². The van der Waals surface area contributed by atoms with Crippen molar-refractivity contribution in [1.82, 2.24) is 4.98 Å². The highest BCUT2D eigenvalue weighted by Gasteiger charge is 2.30. The predicted octanol–water partition coefficient (Wildman–Crippen LogP) is 4.04. The van der Waals surface area contributed by atoms with Gasteiger partial charge in [-0.15, -0.1) is 0 Å². The summed E-state index contributed by atoms with van der Waals surface area (Å²) in [5.41, 5.74) is 0.216. The van der Waals surface area contributed by atoms with E-state index in [2.05, 4.69) is 10.3 Å². The number of para-hydroxylation sites is 2. The van der Waals surface area contributed by atoms with Crippen LogP contribution in [0.5, 0.6) is 0 Å². The third-order valence-electron chi connectivity index (χ3n) is 3.49. The average Bonchev–Trinajstić information content (AvgIpc) is 3.07. The zero-order valence-corrected chi connectivity index (χ0v) is 14.2. The van der Waals surface area contributed by atoms with Gasteiger partial charge in [0.15, 0.2) is 12.2 Å². The number of amides is 1. The molecule has 0 aliphatic rings. The van der Waals surface area contributed by atoms with Gasteiger partial charge in [0.25, 0.3) is 5.91 Å². The van der Waals surface area contributed by atoms with Gasteiger partial charge in [-0.25, -0.2) is 9.78 Å². The van der Waals surface area contributed by atoms with E-state index in [1.54, 1.807) is 24.3 Å². The first-order valence-electron chi connectivity index (χ1n) is 7.99. The molecule has 6 nitrogen and oxygen atoms in total. The second kappa shape index (κ2) is 7.95. The van der Waals surface area contributed by atoms with Crippen molar-refractivity contribution in [3.63, 3.8) is 0 Å². The van der Waals surface area contributed by atoms with Crippen molar-refractivity contribution in [2.75, 3.05) is 11.9 Å². The number of nitrogens with zero attached hydrogens (tertiary/aromatic N) is 1. The zero-order valence-electron chi connectivity index (χ0n) is 14.2. The molecule has 0 fully saturated rings. The lowest BCUT2D eigenvalue weighted by Gasteiger charge is -2.09. The summed E-state index contributed by atoms with van der Waals surface area (Å²) in [7, 11) is 0. The summed E-state index contributed by atoms with van der Waals surface area (Å²) >= 11 is 0. The van der Waals surface area contributed by atoms with Crippen LogP contribution in [0.2, 0.25) is 0 Å². The van der Waals surface area contributed by atoms with E-state index in [0.717, 1.165) is 24.3 Å². The number of carbonyl (C=O) groups excluding carboxylic acids is 2. The molecule has 9 heteroatoms. The predicted molar refractivity (Wildman–Crippen MR) is 94.1 cm³/mol. The molecule has 0 saturated carbocycles. The van der Waals surface area contributed by atoms with Crippen LogP contribution in [0, 0.1) is 0 Å². The lowest BCUT2D eigenvalue weighted by Crippen LogP contribution is -2.20. The number of nitrogens with one attached hydrogen (secondary N) is 1. The molecule has 1 amide bonds. The first kappa shape index (κ1) is 19.2. The Bertz CT molecular complexity index is 1010. The van der Waals surface area contributed by atoms with Crippen molar-refractivity contribution in [2.45, 2.75) is 6.18 Å². The molecule has 1 N–H and O–H groups in total. The Morgan fingerprint density at radius 2 is 1.93 bits per heavy atom. The molecule has 2 aromatic carbocycles. The Labute approximate surface area is 156 Å². The number of fused-ring (bicyclic) bond motifs is 1. The largest absolute Gasteiger partial charge is 0.452 e. The summed E-state index contributed by atoms with van der Waals surface area (Å²) in [6.45, 7) is -0.660. The summed E-state index contributed by atoms with van der Waals surface area (Å²) in [4.78, 5) is 27.5. The molecular formula is C19H13F3N2O4. The van der Waals surface area contributed by atoms with Gasteiger partial charge in [0.1, 0.15) is 5.52 Å². The normalized spacial score (nSPS) is 11.7. The van der Waals surface area contributed by atoms with E-state index in [1.165, 1.54) is 12.1 Å². The summed E-state index contributed by atoms with van der Waals surface area (Å²) < 4.78 is 48.1. The van der Waals surface area contributed by atoms with Crippen molar-refractivity contribution in [1.29, 1.82) is 0 Å². The van der Waals surface area contributed by atoms with E-state index < -0.39 is 30.2 Å². The number of oxazole rings is 1. The first-order chi connectivity index (χ1) is 13.3. The molecule has 1 heterocycles. The monoisotopic (exact) mass is 390 g/mol. The molecule has 0 atom stereocenters. The van der Waals surface area contributed by atoms with E-state index in [1.807, 2.05) is 0 Å². The van der Waals surface area contributed by atoms with Gasteiger partial charge in [-0.1, -0.05) is 18.2 Å². The molecule has 1 aromatic heterocycles. The highest BCUT2D eigenvalue weighted by atomic mass is 19.4. The van der Waals surface area contributed by atoms with Crippen molar-refractivity contribution >= 4 is 34.7 Å². The number of esters is 1. The van der Waals surface area contributed by atoms with Crippen LogP contribution < -0.4 is 5.32 Å². The van der Waals surface area contributed by atoms with Gasteiger partial charge in [-0.05, 0) is 30.3 Å². The maximum absolute atomic E-state index is 12.6. The maximum Gasteiger partial charge on any atom is 0.416 e. The second-order valence-corrected chi connectivity index (χ2v) is 5.59. The molecule has 0 aliphatic heterocycles. The fraction of sp³-hybridized carbons (Fsp3) is 0.105.